The molecule has 2 aromatic carbocycles. The molecule has 6 heteroatoms. The highest BCUT2D eigenvalue weighted by molar-refractivity contribution is 9.10. The van der Waals surface area contributed by atoms with E-state index < -0.39 is 15.9 Å². The lowest BCUT2D eigenvalue weighted by atomic mass is 9.86. The van der Waals surface area contributed by atoms with Crippen molar-refractivity contribution in [3.8, 4) is 0 Å². The van der Waals surface area contributed by atoms with E-state index in [0.29, 0.717) is 11.3 Å². The second-order valence-corrected chi connectivity index (χ2v) is 10.6. The molecule has 0 N–H and O–H groups in total. The van der Waals surface area contributed by atoms with Gasteiger partial charge in [-0.3, -0.25) is 4.79 Å². The number of hydrogen-bond donors (Lipinski definition) is 0. The second kappa shape index (κ2) is 7.24. The molecule has 27 heavy (non-hydrogen) atoms. The monoisotopic (exact) mass is 447 g/mol. The summed E-state index contributed by atoms with van der Waals surface area (Å²) >= 11 is 3.39. The van der Waals surface area contributed by atoms with Gasteiger partial charge in [-0.05, 0) is 53.5 Å². The van der Waals surface area contributed by atoms with Crippen molar-refractivity contribution in [2.45, 2.75) is 32.2 Å². The highest BCUT2D eigenvalue weighted by Crippen LogP contribution is 2.28. The molecule has 2 aromatic rings. The van der Waals surface area contributed by atoms with E-state index >= 15 is 0 Å². The van der Waals surface area contributed by atoms with Crippen molar-refractivity contribution in [2.24, 2.45) is 0 Å². The molecule has 0 radical (unpaired) electrons. The number of rotatable bonds is 3. The predicted molar refractivity (Wildman–Crippen MR) is 113 cm³/mol. The molecular formula is C21H22BrNO3S. The number of carbonyl (C=O) groups is 1. The molecule has 0 unspecified atom stereocenters. The maximum absolute atomic E-state index is 13.3. The van der Waals surface area contributed by atoms with Crippen LogP contribution in [0.25, 0.3) is 0 Å². The van der Waals surface area contributed by atoms with Crippen LogP contribution >= 0.6 is 15.9 Å². The van der Waals surface area contributed by atoms with Gasteiger partial charge < -0.3 is 4.90 Å². The van der Waals surface area contributed by atoms with Crippen LogP contribution in [0.5, 0.6) is 0 Å². The van der Waals surface area contributed by atoms with Gasteiger partial charge >= 0.3 is 0 Å². The predicted octanol–water partition coefficient (Wildman–Crippen LogP) is 4.70. The van der Waals surface area contributed by atoms with Gasteiger partial charge in [0.25, 0.3) is 5.91 Å². The second-order valence-electron chi connectivity index (χ2n) is 7.70. The molecule has 3 rings (SSSR count). The molecule has 1 aliphatic heterocycles. The van der Waals surface area contributed by atoms with Crippen molar-refractivity contribution in [3.05, 3.63) is 75.6 Å². The Labute approximate surface area is 168 Å². The van der Waals surface area contributed by atoms with Crippen LogP contribution in [0, 0.1) is 0 Å². The Kier molecular flexibility index (Phi) is 5.32. The summed E-state index contributed by atoms with van der Waals surface area (Å²) in [4.78, 5) is 14.8. The average molecular weight is 448 g/mol. The summed E-state index contributed by atoms with van der Waals surface area (Å²) in [6, 6.07) is 14.3. The van der Waals surface area contributed by atoms with E-state index in [-0.39, 0.29) is 17.1 Å². The number of benzene rings is 2. The maximum Gasteiger partial charge on any atom is 0.258 e. The number of amides is 1. The van der Waals surface area contributed by atoms with Gasteiger partial charge in [0.05, 0.1) is 11.8 Å². The molecule has 0 aromatic heterocycles. The van der Waals surface area contributed by atoms with E-state index in [4.69, 9.17) is 0 Å². The van der Waals surface area contributed by atoms with Crippen molar-refractivity contribution in [1.82, 2.24) is 0 Å². The van der Waals surface area contributed by atoms with Crippen LogP contribution in [0.2, 0.25) is 0 Å². The summed E-state index contributed by atoms with van der Waals surface area (Å²) in [5.41, 5.74) is 2.32. The molecule has 0 aliphatic carbocycles. The molecule has 1 amide bonds. The molecule has 0 saturated carbocycles. The number of nitrogens with zero attached hydrogens (tertiary/aromatic N) is 1. The lowest BCUT2D eigenvalue weighted by Crippen LogP contribution is -2.41. The molecule has 0 spiro atoms. The van der Waals surface area contributed by atoms with Gasteiger partial charge in [0, 0.05) is 21.1 Å². The minimum absolute atomic E-state index is 0.00472. The Morgan fingerprint density at radius 3 is 2.11 bits per heavy atom. The summed E-state index contributed by atoms with van der Waals surface area (Å²) in [6.45, 7) is 6.35. The van der Waals surface area contributed by atoms with Gasteiger partial charge in [-0.2, -0.15) is 0 Å². The van der Waals surface area contributed by atoms with Gasteiger partial charge in [0.15, 0.2) is 9.84 Å². The van der Waals surface area contributed by atoms with Crippen LogP contribution in [0.4, 0.5) is 5.69 Å². The third-order valence-electron chi connectivity index (χ3n) is 4.56. The summed E-state index contributed by atoms with van der Waals surface area (Å²) in [5.74, 6) is -0.320. The van der Waals surface area contributed by atoms with Crippen LogP contribution < -0.4 is 4.90 Å². The zero-order valence-corrected chi connectivity index (χ0v) is 17.9. The lowest BCUT2D eigenvalue weighted by Gasteiger charge is -2.28. The van der Waals surface area contributed by atoms with Crippen molar-refractivity contribution in [3.63, 3.8) is 0 Å². The Balaban J connectivity index is 1.98. The minimum Gasteiger partial charge on any atom is -0.300 e. The Morgan fingerprint density at radius 1 is 1.04 bits per heavy atom. The largest absolute Gasteiger partial charge is 0.300 e. The highest BCUT2D eigenvalue weighted by Gasteiger charge is 2.32. The first-order chi connectivity index (χ1) is 12.6. The molecule has 1 aliphatic rings. The average Bonchev–Trinajstić information content (AvgIpc) is 2.95. The van der Waals surface area contributed by atoms with Crippen LogP contribution in [0.15, 0.2) is 64.5 Å². The molecule has 1 heterocycles. The summed E-state index contributed by atoms with van der Waals surface area (Å²) in [7, 11) is -3.28. The Bertz CT molecular complexity index is 972. The Hall–Kier alpha value is -1.92. The quantitative estimate of drug-likeness (QED) is 0.684. The van der Waals surface area contributed by atoms with Crippen LogP contribution in [0.3, 0.4) is 0 Å². The maximum atomic E-state index is 13.3. The van der Waals surface area contributed by atoms with Crippen LogP contribution in [0.1, 0.15) is 36.7 Å². The van der Waals surface area contributed by atoms with Gasteiger partial charge in [0.1, 0.15) is 0 Å². The fourth-order valence-corrected chi connectivity index (χ4v) is 4.57. The van der Waals surface area contributed by atoms with Crippen LogP contribution in [-0.2, 0) is 15.3 Å². The lowest BCUT2D eigenvalue weighted by molar-refractivity contribution is 0.0983. The molecular weight excluding hydrogens is 426 g/mol. The fourth-order valence-electron chi connectivity index (χ4n) is 3.03. The molecule has 1 atom stereocenters. The number of carbonyl (C=O) groups excluding carboxylic acids is 1. The smallest absolute Gasteiger partial charge is 0.258 e. The number of anilines is 1. The summed E-state index contributed by atoms with van der Waals surface area (Å²) in [6.07, 6.45) is 1.58. The van der Waals surface area contributed by atoms with E-state index in [2.05, 4.69) is 36.7 Å². The van der Waals surface area contributed by atoms with Gasteiger partial charge in [-0.25, -0.2) is 8.42 Å². The van der Waals surface area contributed by atoms with E-state index in [9.17, 15) is 13.2 Å². The third kappa shape index (κ3) is 4.50. The highest BCUT2D eigenvalue weighted by atomic mass is 79.9. The molecule has 0 fully saturated rings. The van der Waals surface area contributed by atoms with E-state index in [1.165, 1.54) is 5.41 Å². The summed E-state index contributed by atoms with van der Waals surface area (Å²) < 4.78 is 24.7. The number of sulfone groups is 1. The third-order valence-corrected chi connectivity index (χ3v) is 6.47. The first kappa shape index (κ1) is 19.8. The van der Waals surface area contributed by atoms with E-state index in [1.807, 2.05) is 48.5 Å². The molecule has 142 valence electrons. The number of hydrogen-bond acceptors (Lipinski definition) is 3. The van der Waals surface area contributed by atoms with Gasteiger partial charge in [0.2, 0.25) is 0 Å². The zero-order chi connectivity index (χ0) is 19.8. The first-order valence-electron chi connectivity index (χ1n) is 8.67. The standard InChI is InChI=1S/C21H22BrNO3S/c1-21(2,3)16-6-4-15(5-7-16)20(24)23(18-10-8-17(22)9-11-18)19-12-13-27(25,26)14-19/h4-13,19H,14H2,1-3H3/t19-/m1/s1. The fraction of sp³-hybridized carbons (Fsp3) is 0.286. The van der Waals surface area contributed by atoms with Gasteiger partial charge in [-0.15, -0.1) is 0 Å². The van der Waals surface area contributed by atoms with E-state index in [1.54, 1.807) is 11.0 Å². The van der Waals surface area contributed by atoms with Gasteiger partial charge in [-0.1, -0.05) is 48.8 Å². The summed E-state index contributed by atoms with van der Waals surface area (Å²) in [5, 5.41) is 1.19. The van der Waals surface area contributed by atoms with Crippen molar-refractivity contribution in [2.75, 3.05) is 10.7 Å². The van der Waals surface area contributed by atoms with E-state index in [0.717, 1.165) is 10.0 Å². The normalized spacial score (nSPS) is 18.4. The molecule has 0 bridgehead atoms. The van der Waals surface area contributed by atoms with Crippen molar-refractivity contribution < 1.29 is 13.2 Å². The molecule has 0 saturated heterocycles. The zero-order valence-electron chi connectivity index (χ0n) is 15.5. The SMILES string of the molecule is CC(C)(C)c1ccc(C(=O)N(c2ccc(Br)cc2)[C@@H]2C=CS(=O)(=O)C2)cc1. The first-order valence-corrected chi connectivity index (χ1v) is 11.2. The van der Waals surface area contributed by atoms with Crippen LogP contribution in [-0.4, -0.2) is 26.1 Å². The van der Waals surface area contributed by atoms with Crippen molar-refractivity contribution >= 4 is 37.4 Å². The van der Waals surface area contributed by atoms with Crippen molar-refractivity contribution in [1.29, 1.82) is 0 Å². The number of halogens is 1. The topological polar surface area (TPSA) is 54.5 Å². The minimum atomic E-state index is -3.28. The Morgan fingerprint density at radius 2 is 1.63 bits per heavy atom. The molecule has 4 nitrogen and oxygen atoms in total.